The van der Waals surface area contributed by atoms with Crippen LogP contribution in [0, 0.1) is 19.7 Å². The maximum absolute atomic E-state index is 13.5. The number of ether oxygens (including phenoxy) is 1. The van der Waals surface area contributed by atoms with Gasteiger partial charge in [0.2, 0.25) is 11.8 Å². The predicted molar refractivity (Wildman–Crippen MR) is 118 cm³/mol. The molecule has 0 saturated heterocycles. The largest absolute Gasteiger partial charge is 0.467 e. The van der Waals surface area contributed by atoms with E-state index in [1.165, 1.54) is 12.1 Å². The molecule has 4 aromatic rings. The van der Waals surface area contributed by atoms with Gasteiger partial charge in [-0.05, 0) is 68.3 Å². The second-order valence-corrected chi connectivity index (χ2v) is 7.48. The normalized spacial score (nSPS) is 10.8. The number of nitrogens with zero attached hydrogens (tertiary/aromatic N) is 2. The Morgan fingerprint density at radius 2 is 1.88 bits per heavy atom. The number of amides is 1. The van der Waals surface area contributed by atoms with Crippen LogP contribution in [0.2, 0.25) is 0 Å². The Bertz CT molecular complexity index is 1200. The molecule has 32 heavy (non-hydrogen) atoms. The molecular formula is C25H24FN3O3. The number of furan rings is 1. The molecule has 1 amide bonds. The van der Waals surface area contributed by atoms with E-state index in [9.17, 15) is 9.18 Å². The van der Waals surface area contributed by atoms with E-state index in [0.29, 0.717) is 36.0 Å². The third kappa shape index (κ3) is 4.88. The average Bonchev–Trinajstić information content (AvgIpc) is 3.41. The second-order valence-electron chi connectivity index (χ2n) is 7.48. The summed E-state index contributed by atoms with van der Waals surface area (Å²) in [5.74, 6) is 1.48. The highest BCUT2D eigenvalue weighted by Crippen LogP contribution is 2.33. The van der Waals surface area contributed by atoms with Crippen LogP contribution in [0.5, 0.6) is 11.6 Å². The number of rotatable bonds is 8. The van der Waals surface area contributed by atoms with E-state index in [1.807, 2.05) is 44.2 Å². The first-order chi connectivity index (χ1) is 15.5. The van der Waals surface area contributed by atoms with Crippen molar-refractivity contribution in [1.29, 1.82) is 0 Å². The van der Waals surface area contributed by atoms with Crippen LogP contribution in [0.15, 0.2) is 71.3 Å². The van der Waals surface area contributed by atoms with Gasteiger partial charge in [0.15, 0.2) is 0 Å². The Morgan fingerprint density at radius 3 is 2.59 bits per heavy atom. The highest BCUT2D eigenvalue weighted by molar-refractivity contribution is 5.76. The van der Waals surface area contributed by atoms with Gasteiger partial charge in [-0.25, -0.2) is 9.07 Å². The zero-order valence-corrected chi connectivity index (χ0v) is 18.0. The molecule has 0 aliphatic carbocycles. The third-order valence-electron chi connectivity index (χ3n) is 5.15. The summed E-state index contributed by atoms with van der Waals surface area (Å²) in [4.78, 5) is 12.4. The third-order valence-corrected chi connectivity index (χ3v) is 5.15. The number of carbonyl (C=O) groups is 1. The van der Waals surface area contributed by atoms with Crippen molar-refractivity contribution < 1.29 is 18.3 Å². The second kappa shape index (κ2) is 9.51. The van der Waals surface area contributed by atoms with Gasteiger partial charge in [-0.15, -0.1) is 0 Å². The van der Waals surface area contributed by atoms with Gasteiger partial charge in [-0.1, -0.05) is 18.2 Å². The highest BCUT2D eigenvalue weighted by atomic mass is 19.1. The van der Waals surface area contributed by atoms with Gasteiger partial charge in [0.05, 0.1) is 24.2 Å². The minimum absolute atomic E-state index is 0.0998. The summed E-state index contributed by atoms with van der Waals surface area (Å²) in [6, 6.07) is 17.3. The Balaban J connectivity index is 1.59. The van der Waals surface area contributed by atoms with Crippen LogP contribution >= 0.6 is 0 Å². The maximum Gasteiger partial charge on any atom is 0.226 e. The van der Waals surface area contributed by atoms with E-state index >= 15 is 0 Å². The fraction of sp³-hybridized carbons (Fsp3) is 0.200. The molecule has 0 bridgehead atoms. The molecular weight excluding hydrogens is 409 g/mol. The summed E-state index contributed by atoms with van der Waals surface area (Å²) in [6.07, 6.45) is 2.28. The van der Waals surface area contributed by atoms with Crippen molar-refractivity contribution in [3.05, 3.63) is 95.3 Å². The first-order valence-corrected chi connectivity index (χ1v) is 10.4. The standard InChI is InChI=1S/C25H24FN3O3/c1-17-6-3-4-8-23(17)32-25-22(13-14-24(30)27-16-21-7-5-15-31-21)18(2)28-29(25)20-11-9-19(26)10-12-20/h3-12,15H,13-14,16H2,1-2H3,(H,27,30). The fourth-order valence-corrected chi connectivity index (χ4v) is 3.39. The lowest BCUT2D eigenvalue weighted by molar-refractivity contribution is -0.121. The monoisotopic (exact) mass is 433 g/mol. The van der Waals surface area contributed by atoms with Gasteiger partial charge < -0.3 is 14.5 Å². The summed E-state index contributed by atoms with van der Waals surface area (Å²) >= 11 is 0. The molecule has 0 aliphatic rings. The predicted octanol–water partition coefficient (Wildman–Crippen LogP) is 5.26. The Hall–Kier alpha value is -3.87. The minimum atomic E-state index is -0.326. The van der Waals surface area contributed by atoms with Gasteiger partial charge in [0.1, 0.15) is 17.3 Å². The fourth-order valence-electron chi connectivity index (χ4n) is 3.39. The van der Waals surface area contributed by atoms with Crippen molar-refractivity contribution >= 4 is 5.91 Å². The van der Waals surface area contributed by atoms with Gasteiger partial charge in [0, 0.05) is 12.0 Å². The number of hydrogen-bond donors (Lipinski definition) is 1. The quantitative estimate of drug-likeness (QED) is 0.411. The van der Waals surface area contributed by atoms with Crippen molar-refractivity contribution in [2.75, 3.05) is 0 Å². The SMILES string of the molecule is Cc1ccccc1Oc1c(CCC(=O)NCc2ccco2)c(C)nn1-c1ccc(F)cc1. The van der Waals surface area contributed by atoms with E-state index < -0.39 is 0 Å². The number of aryl methyl sites for hydroxylation is 2. The number of benzene rings is 2. The Labute approximate surface area is 185 Å². The first kappa shape index (κ1) is 21.4. The highest BCUT2D eigenvalue weighted by Gasteiger charge is 2.20. The molecule has 0 aliphatic heterocycles. The average molecular weight is 433 g/mol. The molecule has 0 spiro atoms. The lowest BCUT2D eigenvalue weighted by atomic mass is 10.1. The number of hydrogen-bond acceptors (Lipinski definition) is 4. The molecule has 0 radical (unpaired) electrons. The minimum Gasteiger partial charge on any atom is -0.467 e. The first-order valence-electron chi connectivity index (χ1n) is 10.4. The van der Waals surface area contributed by atoms with Gasteiger partial charge in [-0.3, -0.25) is 4.79 Å². The zero-order chi connectivity index (χ0) is 22.5. The van der Waals surface area contributed by atoms with Crippen molar-refractivity contribution in [2.24, 2.45) is 0 Å². The number of halogens is 1. The van der Waals surface area contributed by atoms with Crippen molar-refractivity contribution in [3.63, 3.8) is 0 Å². The van der Waals surface area contributed by atoms with E-state index in [4.69, 9.17) is 9.15 Å². The Morgan fingerprint density at radius 1 is 1.09 bits per heavy atom. The molecule has 0 unspecified atom stereocenters. The van der Waals surface area contributed by atoms with Crippen LogP contribution in [-0.4, -0.2) is 15.7 Å². The lowest BCUT2D eigenvalue weighted by Crippen LogP contribution is -2.22. The Kier molecular flexibility index (Phi) is 6.35. The topological polar surface area (TPSA) is 69.3 Å². The number of nitrogens with one attached hydrogen (secondary N) is 1. The maximum atomic E-state index is 13.5. The number of aromatic nitrogens is 2. The van der Waals surface area contributed by atoms with Crippen molar-refractivity contribution in [1.82, 2.24) is 15.1 Å². The van der Waals surface area contributed by atoms with Crippen LogP contribution in [-0.2, 0) is 17.8 Å². The lowest BCUT2D eigenvalue weighted by Gasteiger charge is -2.13. The zero-order valence-electron chi connectivity index (χ0n) is 18.0. The molecule has 0 fully saturated rings. The van der Waals surface area contributed by atoms with E-state index in [0.717, 1.165) is 16.8 Å². The molecule has 0 saturated carbocycles. The molecule has 2 aromatic heterocycles. The summed E-state index contributed by atoms with van der Waals surface area (Å²) in [5.41, 5.74) is 3.22. The molecule has 164 valence electrons. The van der Waals surface area contributed by atoms with E-state index in [-0.39, 0.29) is 18.1 Å². The summed E-state index contributed by atoms with van der Waals surface area (Å²) in [7, 11) is 0. The number of carbonyl (C=O) groups excluding carboxylic acids is 1. The van der Waals surface area contributed by atoms with Gasteiger partial charge in [-0.2, -0.15) is 5.10 Å². The molecule has 0 atom stereocenters. The summed E-state index contributed by atoms with van der Waals surface area (Å²) < 4.78 is 26.6. The van der Waals surface area contributed by atoms with E-state index in [1.54, 1.807) is 29.1 Å². The van der Waals surface area contributed by atoms with Crippen LogP contribution < -0.4 is 10.1 Å². The summed E-state index contributed by atoms with van der Waals surface area (Å²) in [5, 5.41) is 7.48. The van der Waals surface area contributed by atoms with Gasteiger partial charge >= 0.3 is 0 Å². The van der Waals surface area contributed by atoms with Crippen LogP contribution in [0.25, 0.3) is 5.69 Å². The van der Waals surface area contributed by atoms with Crippen LogP contribution in [0.4, 0.5) is 4.39 Å². The molecule has 4 rings (SSSR count). The van der Waals surface area contributed by atoms with Gasteiger partial charge in [0.25, 0.3) is 0 Å². The molecule has 2 heterocycles. The van der Waals surface area contributed by atoms with Crippen molar-refractivity contribution in [3.8, 4) is 17.3 Å². The smallest absolute Gasteiger partial charge is 0.226 e. The van der Waals surface area contributed by atoms with E-state index in [2.05, 4.69) is 10.4 Å². The molecule has 7 heteroatoms. The number of para-hydroxylation sites is 1. The van der Waals surface area contributed by atoms with Crippen LogP contribution in [0.3, 0.4) is 0 Å². The van der Waals surface area contributed by atoms with Crippen molar-refractivity contribution in [2.45, 2.75) is 33.2 Å². The molecule has 2 aromatic carbocycles. The van der Waals surface area contributed by atoms with Crippen LogP contribution in [0.1, 0.15) is 29.0 Å². The molecule has 6 nitrogen and oxygen atoms in total. The summed E-state index contributed by atoms with van der Waals surface area (Å²) in [6.45, 7) is 4.18. The molecule has 1 N–H and O–H groups in total.